The fourth-order valence-corrected chi connectivity index (χ4v) is 2.53. The third-order valence-corrected chi connectivity index (χ3v) is 3.98. The summed E-state index contributed by atoms with van der Waals surface area (Å²) in [6.07, 6.45) is 0.172. The number of halogens is 3. The second-order valence-electron chi connectivity index (χ2n) is 5.75. The lowest BCUT2D eigenvalue weighted by Gasteiger charge is -2.19. The van der Waals surface area contributed by atoms with Gasteiger partial charge in [-0.2, -0.15) is 8.78 Å². The van der Waals surface area contributed by atoms with Gasteiger partial charge in [0.25, 0.3) is 5.91 Å². The first-order valence-corrected chi connectivity index (χ1v) is 7.72. The monoisotopic (exact) mass is 363 g/mol. The van der Waals surface area contributed by atoms with Crippen LogP contribution in [0.25, 0.3) is 11.0 Å². The maximum absolute atomic E-state index is 14.5. The van der Waals surface area contributed by atoms with E-state index in [1.807, 2.05) is 16.9 Å². The highest BCUT2D eigenvalue weighted by atomic mass is 19.3. The van der Waals surface area contributed by atoms with Crippen LogP contribution in [0.5, 0.6) is 0 Å². The number of carbonyl (C=O) groups is 1. The molecular formula is C17H16F3N5O. The Morgan fingerprint density at radius 2 is 2.08 bits per heavy atom. The third-order valence-electron chi connectivity index (χ3n) is 3.98. The summed E-state index contributed by atoms with van der Waals surface area (Å²) in [6.45, 7) is -0.177. The zero-order valence-corrected chi connectivity index (χ0v) is 14.1. The Labute approximate surface area is 147 Å². The van der Waals surface area contributed by atoms with Gasteiger partial charge in [-0.3, -0.25) is 4.79 Å². The maximum atomic E-state index is 14.5. The van der Waals surface area contributed by atoms with E-state index in [4.69, 9.17) is 0 Å². The molecule has 9 heteroatoms. The largest absolute Gasteiger partial charge is 0.347 e. The van der Waals surface area contributed by atoms with Gasteiger partial charge in [0, 0.05) is 26.7 Å². The molecule has 0 aliphatic carbocycles. The number of amides is 1. The number of rotatable bonds is 5. The van der Waals surface area contributed by atoms with Gasteiger partial charge in [-0.15, -0.1) is 0 Å². The van der Waals surface area contributed by atoms with E-state index < -0.39 is 18.1 Å². The van der Waals surface area contributed by atoms with Crippen LogP contribution in [0.2, 0.25) is 0 Å². The first-order chi connectivity index (χ1) is 12.4. The summed E-state index contributed by atoms with van der Waals surface area (Å²) >= 11 is 0. The predicted molar refractivity (Wildman–Crippen MR) is 90.8 cm³/mol. The van der Waals surface area contributed by atoms with E-state index in [0.29, 0.717) is 11.4 Å². The predicted octanol–water partition coefficient (Wildman–Crippen LogP) is 2.76. The number of hydrogen-bond donors (Lipinski definition) is 1. The van der Waals surface area contributed by atoms with Gasteiger partial charge < -0.3 is 14.8 Å². The van der Waals surface area contributed by atoms with Crippen molar-refractivity contribution in [3.05, 3.63) is 48.2 Å². The number of fused-ring (bicyclic) bond motifs is 1. The summed E-state index contributed by atoms with van der Waals surface area (Å²) in [6, 6.07) is 6.05. The van der Waals surface area contributed by atoms with Crippen LogP contribution in [0.15, 0.2) is 36.8 Å². The molecule has 3 aromatic rings. The van der Waals surface area contributed by atoms with Crippen molar-refractivity contribution >= 4 is 28.4 Å². The van der Waals surface area contributed by atoms with Crippen LogP contribution in [-0.2, 0) is 18.4 Å². The van der Waals surface area contributed by atoms with Crippen molar-refractivity contribution in [3.63, 3.8) is 0 Å². The molecule has 6 nitrogen and oxygen atoms in total. The van der Waals surface area contributed by atoms with Crippen LogP contribution in [0.1, 0.15) is 5.56 Å². The first-order valence-electron chi connectivity index (χ1n) is 7.72. The molecule has 0 atom stereocenters. The normalized spacial score (nSPS) is 11.2. The highest BCUT2D eigenvalue weighted by Crippen LogP contribution is 2.27. The summed E-state index contributed by atoms with van der Waals surface area (Å²) < 4.78 is 40.6. The van der Waals surface area contributed by atoms with Crippen molar-refractivity contribution in [1.29, 1.82) is 0 Å². The second kappa shape index (κ2) is 7.03. The Kier molecular flexibility index (Phi) is 4.79. The highest BCUT2D eigenvalue weighted by Gasteiger charge is 2.16. The zero-order chi connectivity index (χ0) is 18.8. The maximum Gasteiger partial charge on any atom is 0.315 e. The average molecular weight is 363 g/mol. The molecule has 1 amide bonds. The average Bonchev–Trinajstić information content (AvgIpc) is 2.99. The lowest BCUT2D eigenvalue weighted by Crippen LogP contribution is -2.28. The molecule has 0 saturated carbocycles. The number of hydrogen-bond acceptors (Lipinski definition) is 4. The molecule has 3 rings (SSSR count). The van der Waals surface area contributed by atoms with Crippen molar-refractivity contribution in [1.82, 2.24) is 19.9 Å². The quantitative estimate of drug-likeness (QED) is 0.757. The Balaban J connectivity index is 1.81. The molecule has 0 unspecified atom stereocenters. The number of alkyl halides is 2. The molecule has 2 heterocycles. The first kappa shape index (κ1) is 17.7. The number of nitrogens with one attached hydrogen (secondary N) is 1. The third kappa shape index (κ3) is 3.46. The van der Waals surface area contributed by atoms with Gasteiger partial charge in [0.2, 0.25) is 0 Å². The van der Waals surface area contributed by atoms with E-state index in [2.05, 4.69) is 9.97 Å². The number of carbonyl (C=O) groups excluding carboxylic acids is 1. The van der Waals surface area contributed by atoms with Gasteiger partial charge in [0.05, 0.1) is 23.7 Å². The van der Waals surface area contributed by atoms with E-state index in [-0.39, 0.29) is 12.2 Å². The molecule has 2 aromatic heterocycles. The van der Waals surface area contributed by atoms with Crippen LogP contribution in [0.3, 0.4) is 0 Å². The van der Waals surface area contributed by atoms with E-state index >= 15 is 0 Å². The molecule has 0 saturated heterocycles. The Hall–Kier alpha value is -3.10. The van der Waals surface area contributed by atoms with Crippen molar-refractivity contribution in [2.24, 2.45) is 7.05 Å². The Morgan fingerprint density at radius 1 is 1.31 bits per heavy atom. The van der Waals surface area contributed by atoms with E-state index in [0.717, 1.165) is 11.0 Å². The smallest absolute Gasteiger partial charge is 0.315 e. The summed E-state index contributed by atoms with van der Waals surface area (Å²) in [5.74, 6) is -1.41. The number of pyridine rings is 1. The summed E-state index contributed by atoms with van der Waals surface area (Å²) in [4.78, 5) is 20.9. The molecule has 1 aromatic carbocycles. The number of imidazole rings is 1. The molecular weight excluding hydrogens is 347 g/mol. The van der Waals surface area contributed by atoms with Crippen LogP contribution >= 0.6 is 0 Å². The number of nitrogens with zero attached hydrogens (tertiary/aromatic N) is 4. The van der Waals surface area contributed by atoms with Gasteiger partial charge >= 0.3 is 6.43 Å². The minimum absolute atomic E-state index is 0.177. The molecule has 26 heavy (non-hydrogen) atoms. The summed E-state index contributed by atoms with van der Waals surface area (Å²) in [7, 11) is 3.52. The van der Waals surface area contributed by atoms with Crippen molar-refractivity contribution in [3.8, 4) is 0 Å². The zero-order valence-electron chi connectivity index (χ0n) is 14.1. The van der Waals surface area contributed by atoms with Crippen molar-refractivity contribution in [2.45, 2.75) is 13.0 Å². The van der Waals surface area contributed by atoms with Crippen LogP contribution < -0.4 is 10.2 Å². The number of aryl methyl sites for hydroxylation is 1. The van der Waals surface area contributed by atoms with Gasteiger partial charge in [-0.1, -0.05) is 6.07 Å². The van der Waals surface area contributed by atoms with Crippen LogP contribution in [-0.4, -0.2) is 33.9 Å². The fourth-order valence-electron chi connectivity index (χ4n) is 2.53. The fraction of sp³-hybridized carbons (Fsp3) is 0.235. The summed E-state index contributed by atoms with van der Waals surface area (Å²) in [5, 5.41) is 2.04. The second-order valence-corrected chi connectivity index (χ2v) is 5.75. The molecule has 0 bridgehead atoms. The number of anilines is 2. The molecule has 1 N–H and O–H groups in total. The van der Waals surface area contributed by atoms with Gasteiger partial charge in [-0.25, -0.2) is 14.4 Å². The van der Waals surface area contributed by atoms with Gasteiger partial charge in [0.15, 0.2) is 0 Å². The molecule has 0 fully saturated rings. The lowest BCUT2D eigenvalue weighted by atomic mass is 10.2. The van der Waals surface area contributed by atoms with Crippen molar-refractivity contribution < 1.29 is 18.0 Å². The minimum atomic E-state index is -3.10. The van der Waals surface area contributed by atoms with Crippen LogP contribution in [0, 0.1) is 5.82 Å². The van der Waals surface area contributed by atoms with E-state index in [1.54, 1.807) is 36.6 Å². The van der Waals surface area contributed by atoms with E-state index in [9.17, 15) is 18.0 Å². The SMILES string of the molecule is CN(c1cc2c(cn1)ncn2C)c1ccc(CNC(=O)C(F)F)cc1F. The van der Waals surface area contributed by atoms with Gasteiger partial charge in [-0.05, 0) is 17.7 Å². The summed E-state index contributed by atoms with van der Waals surface area (Å²) in [5.41, 5.74) is 2.23. The molecule has 0 aliphatic heterocycles. The Bertz CT molecular complexity index is 957. The highest BCUT2D eigenvalue weighted by molar-refractivity contribution is 5.79. The Morgan fingerprint density at radius 3 is 2.77 bits per heavy atom. The van der Waals surface area contributed by atoms with Gasteiger partial charge in [0.1, 0.15) is 17.2 Å². The minimum Gasteiger partial charge on any atom is -0.347 e. The van der Waals surface area contributed by atoms with Crippen LogP contribution in [0.4, 0.5) is 24.7 Å². The standard InChI is InChI=1S/C17H16F3N5O/c1-24-9-23-12-8-21-15(6-14(12)24)25(2)13-4-3-10(5-11(13)18)7-22-17(26)16(19)20/h3-6,8-9,16H,7H2,1-2H3,(H,22,26). The molecule has 136 valence electrons. The van der Waals surface area contributed by atoms with E-state index in [1.165, 1.54) is 12.1 Å². The lowest BCUT2D eigenvalue weighted by molar-refractivity contribution is -0.131. The number of aromatic nitrogens is 3. The molecule has 0 aliphatic rings. The molecule has 0 radical (unpaired) electrons. The molecule has 0 spiro atoms. The van der Waals surface area contributed by atoms with Crippen molar-refractivity contribution in [2.75, 3.05) is 11.9 Å². The number of benzene rings is 1. The topological polar surface area (TPSA) is 63.1 Å².